The number of nitrogens with two attached hydrogens (primary N) is 1. The number of halogens is 2. The molecule has 164 valence electrons. The molecule has 3 N–H and O–H groups in total. The van der Waals surface area contributed by atoms with Crippen molar-refractivity contribution >= 4 is 29.1 Å². The van der Waals surface area contributed by atoms with Crippen LogP contribution in [0.2, 0.25) is 10.0 Å². The van der Waals surface area contributed by atoms with E-state index >= 15 is 0 Å². The Morgan fingerprint density at radius 3 is 2.48 bits per heavy atom. The molecule has 6 heteroatoms. The third-order valence-electron chi connectivity index (χ3n) is 5.55. The van der Waals surface area contributed by atoms with Gasteiger partial charge in [-0.05, 0) is 62.1 Å². The predicted octanol–water partition coefficient (Wildman–Crippen LogP) is 6.20. The maximum absolute atomic E-state index is 11.4. The van der Waals surface area contributed by atoms with Crippen LogP contribution in [-0.2, 0) is 4.74 Å². The van der Waals surface area contributed by atoms with Crippen LogP contribution in [0.25, 0.3) is 0 Å². The molecule has 0 aliphatic carbocycles. The molecular weight excluding hydrogens is 431 g/mol. The molecule has 1 heterocycles. The van der Waals surface area contributed by atoms with E-state index in [1.165, 1.54) is 0 Å². The average molecular weight is 459 g/mol. The standard InChI is InChI=1S/C25H28Cl2N2O2/c1-4-12-25(28,24-29-22(15-31-24)16(2)3)14-21(18-6-5-7-20(27)13-18)23(30)17-8-10-19(26)11-9-17/h4-11,13,21,23,30H,1,12,14-15,28H2,2-3H3/t21-,23+,25-/m1/s1. The molecule has 0 amide bonds. The van der Waals surface area contributed by atoms with Crippen molar-refractivity contribution in [1.82, 2.24) is 0 Å². The van der Waals surface area contributed by atoms with E-state index in [2.05, 4.69) is 11.6 Å². The van der Waals surface area contributed by atoms with Crippen LogP contribution in [0.15, 0.2) is 77.4 Å². The third kappa shape index (κ3) is 5.58. The molecule has 0 radical (unpaired) electrons. The number of aliphatic hydroxyl groups is 1. The van der Waals surface area contributed by atoms with Crippen molar-refractivity contribution in [1.29, 1.82) is 0 Å². The monoisotopic (exact) mass is 458 g/mol. The van der Waals surface area contributed by atoms with E-state index in [9.17, 15) is 5.11 Å². The Kier molecular flexibility index (Phi) is 7.60. The molecule has 2 aromatic rings. The molecule has 1 aliphatic rings. The number of aliphatic imine (C=N–C) groups is 1. The second kappa shape index (κ2) is 10.0. The number of aliphatic hydroxyl groups excluding tert-OH is 1. The Bertz CT molecular complexity index is 997. The highest BCUT2D eigenvalue weighted by atomic mass is 35.5. The Hall–Kier alpha value is -2.11. The molecule has 0 spiro atoms. The fourth-order valence-electron chi connectivity index (χ4n) is 3.78. The van der Waals surface area contributed by atoms with E-state index in [-0.39, 0.29) is 5.92 Å². The molecule has 0 saturated carbocycles. The molecule has 31 heavy (non-hydrogen) atoms. The number of rotatable bonds is 8. The van der Waals surface area contributed by atoms with Crippen molar-refractivity contribution in [2.45, 2.75) is 44.2 Å². The minimum absolute atomic E-state index is 0.355. The molecule has 0 fully saturated rings. The van der Waals surface area contributed by atoms with Gasteiger partial charge in [-0.1, -0.05) is 59.1 Å². The second-order valence-electron chi connectivity index (χ2n) is 8.16. The number of hydrogen-bond acceptors (Lipinski definition) is 4. The van der Waals surface area contributed by atoms with Crippen LogP contribution < -0.4 is 5.73 Å². The first kappa shape index (κ1) is 23.6. The third-order valence-corrected chi connectivity index (χ3v) is 6.03. The molecule has 2 aromatic carbocycles. The van der Waals surface area contributed by atoms with E-state index in [1.54, 1.807) is 18.2 Å². The normalized spacial score (nSPS) is 17.4. The van der Waals surface area contributed by atoms with Crippen LogP contribution in [0.1, 0.15) is 49.8 Å². The van der Waals surface area contributed by atoms with E-state index in [0.717, 1.165) is 22.4 Å². The van der Waals surface area contributed by atoms with Crippen molar-refractivity contribution in [3.05, 3.63) is 93.6 Å². The largest absolute Gasteiger partial charge is 0.473 e. The fraction of sp³-hybridized carbons (Fsp3) is 0.320. The van der Waals surface area contributed by atoms with Crippen LogP contribution in [0, 0.1) is 0 Å². The van der Waals surface area contributed by atoms with Crippen molar-refractivity contribution in [3.8, 4) is 0 Å². The quantitative estimate of drug-likeness (QED) is 0.462. The fourth-order valence-corrected chi connectivity index (χ4v) is 4.11. The number of benzene rings is 2. The lowest BCUT2D eigenvalue weighted by Crippen LogP contribution is -2.49. The molecule has 0 bridgehead atoms. The van der Waals surface area contributed by atoms with Crippen molar-refractivity contribution in [2.75, 3.05) is 6.61 Å². The van der Waals surface area contributed by atoms with E-state index < -0.39 is 11.6 Å². The molecule has 0 aromatic heterocycles. The summed E-state index contributed by atoms with van der Waals surface area (Å²) >= 11 is 12.3. The first-order valence-electron chi connectivity index (χ1n) is 10.2. The summed E-state index contributed by atoms with van der Waals surface area (Å²) in [5.41, 5.74) is 9.54. The Morgan fingerprint density at radius 1 is 1.19 bits per heavy atom. The maximum Gasteiger partial charge on any atom is 0.209 e. The van der Waals surface area contributed by atoms with Gasteiger partial charge in [-0.25, -0.2) is 4.99 Å². The van der Waals surface area contributed by atoms with Gasteiger partial charge in [0.25, 0.3) is 0 Å². The Balaban J connectivity index is 2.03. The smallest absolute Gasteiger partial charge is 0.209 e. The van der Waals surface area contributed by atoms with Gasteiger partial charge in [-0.15, -0.1) is 6.58 Å². The highest BCUT2D eigenvalue weighted by Gasteiger charge is 2.40. The zero-order valence-corrected chi connectivity index (χ0v) is 19.3. The average Bonchev–Trinajstić information content (AvgIpc) is 3.24. The maximum atomic E-state index is 11.4. The van der Waals surface area contributed by atoms with Gasteiger partial charge in [-0.3, -0.25) is 0 Å². The predicted molar refractivity (Wildman–Crippen MR) is 129 cm³/mol. The molecule has 0 saturated heterocycles. The summed E-state index contributed by atoms with van der Waals surface area (Å²) < 4.78 is 5.90. The summed E-state index contributed by atoms with van der Waals surface area (Å²) in [7, 11) is 0. The van der Waals surface area contributed by atoms with Crippen molar-refractivity contribution < 1.29 is 9.84 Å². The van der Waals surface area contributed by atoms with E-state index in [0.29, 0.717) is 35.4 Å². The van der Waals surface area contributed by atoms with E-state index in [1.807, 2.05) is 50.2 Å². The first-order chi connectivity index (χ1) is 14.7. The van der Waals surface area contributed by atoms with Gasteiger partial charge < -0.3 is 15.6 Å². The van der Waals surface area contributed by atoms with Crippen LogP contribution in [-0.4, -0.2) is 23.2 Å². The lowest BCUT2D eigenvalue weighted by molar-refractivity contribution is 0.130. The Morgan fingerprint density at radius 2 is 1.90 bits per heavy atom. The summed E-state index contributed by atoms with van der Waals surface area (Å²) in [6.07, 6.45) is 1.77. The highest BCUT2D eigenvalue weighted by molar-refractivity contribution is 6.30. The minimum atomic E-state index is -0.931. The Labute approximate surface area is 194 Å². The SMILES string of the molecule is C=CC[C@@](N)(C[C@H](c1cccc(Cl)c1)[C@@H](O)c1ccc(Cl)cc1)C1=NC(=C(C)C)CO1. The van der Waals surface area contributed by atoms with Gasteiger partial charge >= 0.3 is 0 Å². The van der Waals surface area contributed by atoms with Gasteiger partial charge in [0, 0.05) is 16.0 Å². The topological polar surface area (TPSA) is 67.8 Å². The van der Waals surface area contributed by atoms with Crippen molar-refractivity contribution in [3.63, 3.8) is 0 Å². The zero-order chi connectivity index (χ0) is 22.6. The van der Waals surface area contributed by atoms with Gasteiger partial charge in [0.15, 0.2) is 0 Å². The number of ether oxygens (including phenoxy) is 1. The summed E-state index contributed by atoms with van der Waals surface area (Å²) in [5, 5.41) is 12.6. The molecule has 0 unspecified atom stereocenters. The van der Waals surface area contributed by atoms with Crippen LogP contribution >= 0.6 is 23.2 Å². The molecular formula is C25H28Cl2N2O2. The van der Waals surface area contributed by atoms with Gasteiger partial charge in [0.05, 0.1) is 17.3 Å². The zero-order valence-electron chi connectivity index (χ0n) is 17.8. The van der Waals surface area contributed by atoms with Crippen LogP contribution in [0.3, 0.4) is 0 Å². The summed E-state index contributed by atoms with van der Waals surface area (Å²) in [4.78, 5) is 4.66. The lowest BCUT2D eigenvalue weighted by atomic mass is 9.77. The second-order valence-corrected chi connectivity index (χ2v) is 9.04. The minimum Gasteiger partial charge on any atom is -0.473 e. The van der Waals surface area contributed by atoms with E-state index in [4.69, 9.17) is 33.7 Å². The summed E-state index contributed by atoms with van der Waals surface area (Å²) in [5.74, 6) is 0.116. The lowest BCUT2D eigenvalue weighted by Gasteiger charge is -2.34. The van der Waals surface area contributed by atoms with Gasteiger partial charge in [0.2, 0.25) is 5.90 Å². The molecule has 3 atom stereocenters. The van der Waals surface area contributed by atoms with Gasteiger partial charge in [-0.2, -0.15) is 0 Å². The molecule has 3 rings (SSSR count). The van der Waals surface area contributed by atoms with Crippen LogP contribution in [0.4, 0.5) is 0 Å². The summed E-state index contributed by atoms with van der Waals surface area (Å²) in [6.45, 7) is 8.27. The molecule has 1 aliphatic heterocycles. The number of allylic oxidation sites excluding steroid dienone is 1. The summed E-state index contributed by atoms with van der Waals surface area (Å²) in [6, 6.07) is 14.7. The van der Waals surface area contributed by atoms with Crippen molar-refractivity contribution in [2.24, 2.45) is 10.7 Å². The number of hydrogen-bond donors (Lipinski definition) is 2. The highest BCUT2D eigenvalue weighted by Crippen LogP contribution is 2.40. The van der Waals surface area contributed by atoms with Crippen LogP contribution in [0.5, 0.6) is 0 Å². The molecule has 4 nitrogen and oxygen atoms in total. The first-order valence-corrected chi connectivity index (χ1v) is 11.0. The number of nitrogens with zero attached hydrogens (tertiary/aromatic N) is 1. The van der Waals surface area contributed by atoms with Gasteiger partial charge in [0.1, 0.15) is 6.61 Å².